The molecule has 0 unspecified atom stereocenters. The number of nitriles is 1. The van der Waals surface area contributed by atoms with Crippen molar-refractivity contribution in [2.45, 2.75) is 5.34 Å². The molecule has 0 aliphatic heterocycles. The summed E-state index contributed by atoms with van der Waals surface area (Å²) in [6.45, 7) is 0. The third kappa shape index (κ3) is 3.20. The fraction of sp³-hybridized carbons (Fsp3) is 0.100. The lowest BCUT2D eigenvalue weighted by atomic mass is 9.60. The van der Waals surface area contributed by atoms with E-state index < -0.39 is 10.9 Å². The van der Waals surface area contributed by atoms with Crippen molar-refractivity contribution in [3.8, 4) is 28.5 Å². The van der Waals surface area contributed by atoms with Crippen LogP contribution >= 0.6 is 11.6 Å². The van der Waals surface area contributed by atoms with Gasteiger partial charge in [-0.2, -0.15) is 15.5 Å². The molecule has 0 bridgehead atoms. The maximum atomic E-state index is 12.2. The van der Waals surface area contributed by atoms with Gasteiger partial charge in [0.25, 0.3) is 5.56 Å². The van der Waals surface area contributed by atoms with E-state index in [1.54, 1.807) is 54.3 Å². The Bertz CT molecular complexity index is 1400. The summed E-state index contributed by atoms with van der Waals surface area (Å²) >= 11 is 6.22. The SMILES string of the molecule is [B]C([B])(N)c1n[nH]c(=O)c2ccc(-c3cnn(C)c3-c3cccc(Cl)c3C#N)cc12. The molecule has 7 nitrogen and oxygen atoms in total. The van der Waals surface area contributed by atoms with Crippen LogP contribution in [0.4, 0.5) is 0 Å². The predicted molar refractivity (Wildman–Crippen MR) is 117 cm³/mol. The molecule has 0 aliphatic carbocycles. The van der Waals surface area contributed by atoms with Gasteiger partial charge in [-0.15, -0.1) is 0 Å². The normalized spacial score (nSPS) is 11.5. The molecule has 0 saturated carbocycles. The van der Waals surface area contributed by atoms with Gasteiger partial charge in [-0.05, 0) is 29.1 Å². The molecule has 0 aliphatic rings. The van der Waals surface area contributed by atoms with Crippen molar-refractivity contribution < 1.29 is 0 Å². The second-order valence-corrected chi connectivity index (χ2v) is 7.31. The van der Waals surface area contributed by atoms with Crippen molar-refractivity contribution in [1.82, 2.24) is 20.0 Å². The Morgan fingerprint density at radius 1 is 1.23 bits per heavy atom. The molecule has 4 rings (SSSR count). The smallest absolute Gasteiger partial charge is 0.272 e. The highest BCUT2D eigenvalue weighted by Gasteiger charge is 2.22. The van der Waals surface area contributed by atoms with Crippen molar-refractivity contribution in [3.63, 3.8) is 0 Å². The van der Waals surface area contributed by atoms with Crippen molar-refractivity contribution in [2.75, 3.05) is 0 Å². The molecule has 2 aromatic carbocycles. The number of rotatable bonds is 3. The summed E-state index contributed by atoms with van der Waals surface area (Å²) in [4.78, 5) is 12.2. The van der Waals surface area contributed by atoms with Gasteiger partial charge in [-0.1, -0.05) is 29.8 Å². The number of hydrogen-bond donors (Lipinski definition) is 2. The third-order valence-corrected chi connectivity index (χ3v) is 5.14. The molecular weight excluding hydrogens is 397 g/mol. The molecule has 30 heavy (non-hydrogen) atoms. The lowest BCUT2D eigenvalue weighted by Crippen LogP contribution is -2.39. The van der Waals surface area contributed by atoms with Crippen LogP contribution in [0.3, 0.4) is 0 Å². The van der Waals surface area contributed by atoms with Gasteiger partial charge in [0.2, 0.25) is 0 Å². The topological polar surface area (TPSA) is 113 Å². The molecule has 3 N–H and O–H groups in total. The molecule has 10 heteroatoms. The van der Waals surface area contributed by atoms with Crippen LogP contribution in [-0.2, 0) is 12.4 Å². The minimum Gasteiger partial charge on any atom is -0.336 e. The van der Waals surface area contributed by atoms with Gasteiger partial charge in [0, 0.05) is 23.6 Å². The second kappa shape index (κ2) is 7.17. The summed E-state index contributed by atoms with van der Waals surface area (Å²) in [6.07, 6.45) is 1.67. The molecular formula is C20H13B2ClN6O. The van der Waals surface area contributed by atoms with Crippen molar-refractivity contribution in [3.05, 3.63) is 69.2 Å². The van der Waals surface area contributed by atoms with Crippen molar-refractivity contribution in [2.24, 2.45) is 12.8 Å². The molecule has 0 amide bonds. The monoisotopic (exact) mass is 410 g/mol. The van der Waals surface area contributed by atoms with E-state index in [1.165, 1.54) is 0 Å². The summed E-state index contributed by atoms with van der Waals surface area (Å²) in [5.41, 5.74) is 8.70. The van der Waals surface area contributed by atoms with E-state index in [2.05, 4.69) is 21.4 Å². The first-order valence-electron chi connectivity index (χ1n) is 8.83. The van der Waals surface area contributed by atoms with Gasteiger partial charge in [-0.3, -0.25) is 9.48 Å². The molecule has 2 aromatic heterocycles. The van der Waals surface area contributed by atoms with E-state index in [0.717, 1.165) is 5.56 Å². The van der Waals surface area contributed by atoms with Crippen LogP contribution in [0.5, 0.6) is 0 Å². The summed E-state index contributed by atoms with van der Waals surface area (Å²) < 4.78 is 1.65. The average Bonchev–Trinajstić information content (AvgIpc) is 3.08. The Hall–Kier alpha value is -3.34. The Morgan fingerprint density at radius 3 is 2.70 bits per heavy atom. The largest absolute Gasteiger partial charge is 0.336 e. The van der Waals surface area contributed by atoms with Crippen LogP contribution in [0, 0.1) is 11.3 Å². The van der Waals surface area contributed by atoms with Crippen LogP contribution in [-0.4, -0.2) is 35.7 Å². The number of halogens is 1. The van der Waals surface area contributed by atoms with Crippen LogP contribution < -0.4 is 11.3 Å². The lowest BCUT2D eigenvalue weighted by Gasteiger charge is -2.20. The number of nitrogens with zero attached hydrogens (tertiary/aromatic N) is 4. The van der Waals surface area contributed by atoms with Gasteiger partial charge < -0.3 is 5.73 Å². The minimum atomic E-state index is -1.75. The van der Waals surface area contributed by atoms with E-state index >= 15 is 0 Å². The average molecular weight is 410 g/mol. The first kappa shape index (κ1) is 20.0. The van der Waals surface area contributed by atoms with Crippen LogP contribution in [0.25, 0.3) is 33.2 Å². The minimum absolute atomic E-state index is 0.143. The highest BCUT2D eigenvalue weighted by molar-refractivity contribution is 6.40. The molecule has 4 aromatic rings. The van der Waals surface area contributed by atoms with E-state index in [4.69, 9.17) is 33.0 Å². The van der Waals surface area contributed by atoms with Gasteiger partial charge in [0.15, 0.2) is 0 Å². The molecule has 0 fully saturated rings. The number of fused-ring (bicyclic) bond motifs is 1. The van der Waals surface area contributed by atoms with Gasteiger partial charge in [0.05, 0.1) is 49.2 Å². The van der Waals surface area contributed by atoms with E-state index in [0.29, 0.717) is 38.2 Å². The van der Waals surface area contributed by atoms with Crippen molar-refractivity contribution in [1.29, 1.82) is 5.26 Å². The van der Waals surface area contributed by atoms with Crippen molar-refractivity contribution >= 4 is 38.1 Å². The fourth-order valence-corrected chi connectivity index (χ4v) is 3.68. The standard InChI is InChI=1S/C20H13B2ClN6O/c1-29-17(11-3-2-4-16(23)14(11)8-24)15(9-26-29)10-5-6-12-13(7-10)18(20(21,22)25)27-28-19(12)30/h2-7,9H,25H2,1H3,(H,28,30). The van der Waals surface area contributed by atoms with Gasteiger partial charge in [0.1, 0.15) is 6.07 Å². The summed E-state index contributed by atoms with van der Waals surface area (Å²) in [5.74, 6) is 0. The maximum absolute atomic E-state index is 12.2. The number of aryl methyl sites for hydroxylation is 1. The first-order chi connectivity index (χ1) is 14.2. The summed E-state index contributed by atoms with van der Waals surface area (Å²) in [6, 6.07) is 12.5. The highest BCUT2D eigenvalue weighted by atomic mass is 35.5. The first-order valence-corrected chi connectivity index (χ1v) is 9.21. The quantitative estimate of drug-likeness (QED) is 0.501. The fourth-order valence-electron chi connectivity index (χ4n) is 3.47. The van der Waals surface area contributed by atoms with Crippen LogP contribution in [0.1, 0.15) is 11.3 Å². The Balaban J connectivity index is 2.02. The second-order valence-electron chi connectivity index (χ2n) is 6.90. The maximum Gasteiger partial charge on any atom is 0.272 e. The van der Waals surface area contributed by atoms with Gasteiger partial charge in [-0.25, -0.2) is 5.10 Å². The van der Waals surface area contributed by atoms with Crippen LogP contribution in [0.15, 0.2) is 47.4 Å². The molecule has 2 heterocycles. The highest BCUT2D eigenvalue weighted by Crippen LogP contribution is 2.36. The predicted octanol–water partition coefficient (Wildman–Crippen LogP) is 1.92. The molecule has 0 atom stereocenters. The molecule has 142 valence electrons. The Morgan fingerprint density at radius 2 is 2.00 bits per heavy atom. The molecule has 0 spiro atoms. The number of aromatic amines is 1. The number of aromatic nitrogens is 4. The number of nitrogens with two attached hydrogens (primary N) is 1. The van der Waals surface area contributed by atoms with Gasteiger partial charge >= 0.3 is 0 Å². The van der Waals surface area contributed by atoms with E-state index in [1.807, 2.05) is 0 Å². The number of benzene rings is 2. The zero-order chi connectivity index (χ0) is 21.6. The molecule has 0 saturated heterocycles. The number of hydrogen-bond acceptors (Lipinski definition) is 5. The molecule has 4 radical (unpaired) electrons. The summed E-state index contributed by atoms with van der Waals surface area (Å²) in [5, 5.41) is 19.6. The summed E-state index contributed by atoms with van der Waals surface area (Å²) in [7, 11) is 13.5. The number of H-pyrrole nitrogens is 1. The number of nitrogens with one attached hydrogen (secondary N) is 1. The van der Waals surface area contributed by atoms with Crippen LogP contribution in [0.2, 0.25) is 5.02 Å². The zero-order valence-corrected chi connectivity index (χ0v) is 16.6. The Labute approximate surface area is 179 Å². The van der Waals surface area contributed by atoms with E-state index in [9.17, 15) is 10.1 Å². The lowest BCUT2D eigenvalue weighted by molar-refractivity contribution is 0.776. The Kier molecular flexibility index (Phi) is 4.77. The third-order valence-electron chi connectivity index (χ3n) is 4.83. The zero-order valence-electron chi connectivity index (χ0n) is 15.8. The van der Waals surface area contributed by atoms with E-state index in [-0.39, 0.29) is 5.69 Å².